The van der Waals surface area contributed by atoms with E-state index in [0.717, 1.165) is 76.1 Å². The average molecular weight is 426 g/mol. The van der Waals surface area contributed by atoms with E-state index in [9.17, 15) is 4.79 Å². The number of methoxy groups -OCH3 is 2. The second kappa shape index (κ2) is 9.43. The van der Waals surface area contributed by atoms with Crippen LogP contribution in [0.1, 0.15) is 49.2 Å². The molecule has 0 spiro atoms. The quantitative estimate of drug-likeness (QED) is 0.574. The summed E-state index contributed by atoms with van der Waals surface area (Å²) in [6.45, 7) is 5.55. The lowest BCUT2D eigenvalue weighted by atomic mass is 9.90. The molecule has 1 aliphatic carbocycles. The number of amides is 1. The molecule has 1 aliphatic heterocycles. The van der Waals surface area contributed by atoms with Gasteiger partial charge in [-0.2, -0.15) is 0 Å². The number of imidazole rings is 1. The second-order valence-electron chi connectivity index (χ2n) is 9.06. The summed E-state index contributed by atoms with van der Waals surface area (Å²) in [4.78, 5) is 20.2. The lowest BCUT2D eigenvalue weighted by Gasteiger charge is -2.34. The minimum atomic E-state index is -0.298. The van der Waals surface area contributed by atoms with Crippen molar-refractivity contribution in [3.05, 3.63) is 47.5 Å². The van der Waals surface area contributed by atoms with Crippen molar-refractivity contribution in [2.24, 2.45) is 5.92 Å². The van der Waals surface area contributed by atoms with E-state index in [1.807, 2.05) is 18.3 Å². The first-order valence-electron chi connectivity index (χ1n) is 11.5. The molecule has 6 heteroatoms. The van der Waals surface area contributed by atoms with Gasteiger partial charge in [0.05, 0.1) is 12.5 Å². The molecule has 1 saturated heterocycles. The molecule has 31 heavy (non-hydrogen) atoms. The van der Waals surface area contributed by atoms with Crippen LogP contribution in [0, 0.1) is 12.8 Å². The number of hydrogen-bond donors (Lipinski definition) is 0. The zero-order valence-electron chi connectivity index (χ0n) is 19.1. The maximum absolute atomic E-state index is 13.4. The summed E-state index contributed by atoms with van der Waals surface area (Å²) in [6.07, 6.45) is 7.98. The average Bonchev–Trinajstić information content (AvgIpc) is 3.55. The Morgan fingerprint density at radius 3 is 2.48 bits per heavy atom. The SMILES string of the molecule is COCCCn1c(C)cnc1CC1CCN(C(=O)C2(c3ccc(OC)cc3)CC2)CC1. The monoisotopic (exact) mass is 425 g/mol. The highest BCUT2D eigenvalue weighted by Crippen LogP contribution is 2.50. The molecular formula is C25H35N3O3. The second-order valence-corrected chi connectivity index (χ2v) is 9.06. The number of likely N-dealkylation sites (tertiary alicyclic amines) is 1. The number of benzene rings is 1. The van der Waals surface area contributed by atoms with Gasteiger partial charge in [0, 0.05) is 51.7 Å². The third-order valence-corrected chi connectivity index (χ3v) is 7.04. The first-order chi connectivity index (χ1) is 15.1. The molecule has 2 aliphatic rings. The highest BCUT2D eigenvalue weighted by Gasteiger charge is 2.53. The number of carbonyl (C=O) groups excluding carboxylic acids is 1. The number of aromatic nitrogens is 2. The molecule has 1 aromatic carbocycles. The fraction of sp³-hybridized carbons (Fsp3) is 0.600. The molecule has 0 bridgehead atoms. The standard InChI is InChI=1S/C25H35N3O3/c1-19-18-26-23(28(19)13-4-16-30-2)17-20-9-14-27(15-10-20)24(29)25(11-12-25)21-5-7-22(31-3)8-6-21/h5-8,18,20H,4,9-17H2,1-3H3. The molecule has 2 aromatic rings. The summed E-state index contributed by atoms with van der Waals surface area (Å²) in [5, 5.41) is 0. The van der Waals surface area contributed by atoms with Gasteiger partial charge in [-0.25, -0.2) is 4.98 Å². The minimum Gasteiger partial charge on any atom is -0.497 e. The Hall–Kier alpha value is -2.34. The number of ether oxygens (including phenoxy) is 2. The Balaban J connectivity index is 1.33. The molecule has 1 amide bonds. The molecule has 2 heterocycles. The molecule has 168 valence electrons. The van der Waals surface area contributed by atoms with Gasteiger partial charge in [0.25, 0.3) is 0 Å². The van der Waals surface area contributed by atoms with Crippen LogP contribution in [-0.2, 0) is 27.9 Å². The lowest BCUT2D eigenvalue weighted by molar-refractivity contribution is -0.135. The Morgan fingerprint density at radius 1 is 1.16 bits per heavy atom. The van der Waals surface area contributed by atoms with Crippen molar-refractivity contribution in [1.29, 1.82) is 0 Å². The van der Waals surface area contributed by atoms with Crippen molar-refractivity contribution in [3.63, 3.8) is 0 Å². The molecular weight excluding hydrogens is 390 g/mol. The number of hydrogen-bond acceptors (Lipinski definition) is 4. The zero-order valence-corrected chi connectivity index (χ0v) is 19.1. The molecule has 0 N–H and O–H groups in total. The molecule has 6 nitrogen and oxygen atoms in total. The fourth-order valence-corrected chi connectivity index (χ4v) is 4.91. The molecule has 2 fully saturated rings. The Labute approximate surface area is 185 Å². The third-order valence-electron chi connectivity index (χ3n) is 7.04. The molecule has 0 atom stereocenters. The van der Waals surface area contributed by atoms with Crippen LogP contribution in [0.25, 0.3) is 0 Å². The van der Waals surface area contributed by atoms with E-state index in [1.165, 1.54) is 11.5 Å². The summed E-state index contributed by atoms with van der Waals surface area (Å²) in [5.41, 5.74) is 2.05. The van der Waals surface area contributed by atoms with Crippen LogP contribution in [0.5, 0.6) is 5.75 Å². The molecule has 4 rings (SSSR count). The van der Waals surface area contributed by atoms with Crippen LogP contribution in [0.3, 0.4) is 0 Å². The number of nitrogens with zero attached hydrogens (tertiary/aromatic N) is 3. The van der Waals surface area contributed by atoms with Gasteiger partial charge in [-0.15, -0.1) is 0 Å². The summed E-state index contributed by atoms with van der Waals surface area (Å²) < 4.78 is 12.8. The highest BCUT2D eigenvalue weighted by atomic mass is 16.5. The summed E-state index contributed by atoms with van der Waals surface area (Å²) in [6, 6.07) is 8.04. The van der Waals surface area contributed by atoms with Gasteiger partial charge >= 0.3 is 0 Å². The normalized spacial score (nSPS) is 18.2. The van der Waals surface area contributed by atoms with Gasteiger partial charge in [0.2, 0.25) is 5.91 Å². The van der Waals surface area contributed by atoms with Crippen LogP contribution >= 0.6 is 0 Å². The summed E-state index contributed by atoms with van der Waals surface area (Å²) >= 11 is 0. The van der Waals surface area contributed by atoms with Gasteiger partial charge in [0.1, 0.15) is 11.6 Å². The van der Waals surface area contributed by atoms with Crippen molar-refractivity contribution in [2.75, 3.05) is 33.9 Å². The molecule has 1 aromatic heterocycles. The predicted molar refractivity (Wildman–Crippen MR) is 120 cm³/mol. The van der Waals surface area contributed by atoms with E-state index in [1.54, 1.807) is 14.2 Å². The van der Waals surface area contributed by atoms with Crippen molar-refractivity contribution in [1.82, 2.24) is 14.5 Å². The number of piperidine rings is 1. The van der Waals surface area contributed by atoms with Crippen LogP contribution in [0.2, 0.25) is 0 Å². The van der Waals surface area contributed by atoms with Gasteiger partial charge in [-0.05, 0) is 62.6 Å². The fourth-order valence-electron chi connectivity index (χ4n) is 4.91. The largest absolute Gasteiger partial charge is 0.497 e. The van der Waals surface area contributed by atoms with Gasteiger partial charge in [0.15, 0.2) is 0 Å². The molecule has 0 unspecified atom stereocenters. The first kappa shape index (κ1) is 21.9. The van der Waals surface area contributed by atoms with E-state index in [4.69, 9.17) is 9.47 Å². The van der Waals surface area contributed by atoms with E-state index >= 15 is 0 Å². The minimum absolute atomic E-state index is 0.298. The van der Waals surface area contributed by atoms with Gasteiger partial charge < -0.3 is 18.9 Å². The van der Waals surface area contributed by atoms with E-state index < -0.39 is 0 Å². The van der Waals surface area contributed by atoms with E-state index in [2.05, 4.69) is 33.5 Å². The van der Waals surface area contributed by atoms with Gasteiger partial charge in [-0.1, -0.05) is 12.1 Å². The van der Waals surface area contributed by atoms with Crippen LogP contribution < -0.4 is 4.74 Å². The van der Waals surface area contributed by atoms with Gasteiger partial charge in [-0.3, -0.25) is 4.79 Å². The Morgan fingerprint density at radius 2 is 1.87 bits per heavy atom. The number of rotatable bonds is 9. The van der Waals surface area contributed by atoms with Crippen molar-refractivity contribution < 1.29 is 14.3 Å². The Kier molecular flexibility index (Phi) is 6.65. The van der Waals surface area contributed by atoms with E-state index in [0.29, 0.717) is 11.8 Å². The first-order valence-corrected chi connectivity index (χ1v) is 11.5. The van der Waals surface area contributed by atoms with E-state index in [-0.39, 0.29) is 5.41 Å². The number of carbonyl (C=O) groups is 1. The molecule has 1 saturated carbocycles. The van der Waals surface area contributed by atoms with Crippen LogP contribution in [0.4, 0.5) is 0 Å². The van der Waals surface area contributed by atoms with Crippen molar-refractivity contribution in [2.45, 2.75) is 57.4 Å². The topological polar surface area (TPSA) is 56.6 Å². The Bertz CT molecular complexity index is 878. The van der Waals surface area contributed by atoms with Crippen molar-refractivity contribution in [3.8, 4) is 5.75 Å². The number of aryl methyl sites for hydroxylation is 1. The van der Waals surface area contributed by atoms with Crippen LogP contribution in [-0.4, -0.2) is 54.3 Å². The zero-order chi connectivity index (χ0) is 21.8. The van der Waals surface area contributed by atoms with Crippen LogP contribution in [0.15, 0.2) is 30.5 Å². The maximum Gasteiger partial charge on any atom is 0.233 e. The smallest absolute Gasteiger partial charge is 0.233 e. The summed E-state index contributed by atoms with van der Waals surface area (Å²) in [7, 11) is 3.42. The summed E-state index contributed by atoms with van der Waals surface area (Å²) in [5.74, 6) is 2.91. The third kappa shape index (κ3) is 4.64. The lowest BCUT2D eigenvalue weighted by Crippen LogP contribution is -2.44. The predicted octanol–water partition coefficient (Wildman–Crippen LogP) is 3.75. The highest BCUT2D eigenvalue weighted by molar-refractivity contribution is 5.91. The maximum atomic E-state index is 13.4. The van der Waals surface area contributed by atoms with Crippen molar-refractivity contribution >= 4 is 5.91 Å². The molecule has 0 radical (unpaired) electrons.